The van der Waals surface area contributed by atoms with Crippen molar-refractivity contribution >= 4 is 66.7 Å². The van der Waals surface area contributed by atoms with Gasteiger partial charge >= 0.3 is 0 Å². The van der Waals surface area contributed by atoms with Gasteiger partial charge in [0.1, 0.15) is 5.58 Å². The van der Waals surface area contributed by atoms with E-state index in [0.29, 0.717) is 44.5 Å². The Kier molecular flexibility index (Phi) is 7.64. The summed E-state index contributed by atoms with van der Waals surface area (Å²) in [6.45, 7) is 2.45. The molecule has 9 aromatic rings. The maximum absolute atomic E-state index is 9.12. The predicted octanol–water partition coefficient (Wildman–Crippen LogP) is 12.1. The Bertz CT molecular complexity index is 2980. The summed E-state index contributed by atoms with van der Waals surface area (Å²) in [4.78, 5) is 9.06. The van der Waals surface area contributed by atoms with E-state index in [1.165, 1.54) is 17.4 Å². The number of benzene rings is 5. The molecule has 0 saturated heterocycles. The van der Waals surface area contributed by atoms with Crippen LogP contribution in [0.3, 0.4) is 0 Å². The third-order valence-corrected chi connectivity index (χ3v) is 12.1. The molecule has 0 aliphatic heterocycles. The van der Waals surface area contributed by atoms with E-state index in [0.717, 1.165) is 36.8 Å². The fraction of sp³-hybridized carbons (Fsp3) is 0.130. The zero-order valence-electron chi connectivity index (χ0n) is 36.7. The van der Waals surface area contributed by atoms with E-state index in [2.05, 4.69) is 42.8 Å². The zero-order chi connectivity index (χ0) is 41.9. The fourth-order valence-corrected chi connectivity index (χ4v) is 8.51. The van der Waals surface area contributed by atoms with E-state index in [-0.39, 0.29) is 25.7 Å². The van der Waals surface area contributed by atoms with Gasteiger partial charge in [0, 0.05) is 53.6 Å². The average Bonchev–Trinajstić information content (AvgIpc) is 3.79. The number of aryl methyl sites for hydroxylation is 2. The molecule has 4 aromatic heterocycles. The number of para-hydroxylation sites is 1. The number of rotatable bonds is 5. The van der Waals surface area contributed by atoms with Gasteiger partial charge in [0.2, 0.25) is 0 Å². The summed E-state index contributed by atoms with van der Waals surface area (Å²) < 4.78 is 72.9. The maximum atomic E-state index is 9.12. The SMILES string of the molecule is [2H]C([2H])([2H])c1c[c-]c(-c2ccc([Si](C)(C)C)cn2)c2sc3ccccc3c12.[2H]C([2H])([2H])c1ccc(-c2[c-]cc3oc4ccccc4c3c2C([2H])([2H])c2ccccc2)nc1.[Ir]. The van der Waals surface area contributed by atoms with Crippen LogP contribution in [-0.4, -0.2) is 18.0 Å². The molecule has 0 unspecified atom stereocenters. The van der Waals surface area contributed by atoms with Gasteiger partial charge in [0.25, 0.3) is 0 Å². The van der Waals surface area contributed by atoms with Crippen molar-refractivity contribution in [2.75, 3.05) is 0 Å². The van der Waals surface area contributed by atoms with E-state index in [1.54, 1.807) is 53.8 Å². The van der Waals surface area contributed by atoms with Crippen molar-refractivity contribution in [2.45, 2.75) is 39.7 Å². The van der Waals surface area contributed by atoms with Gasteiger partial charge in [-0.2, -0.15) is 11.3 Å². The molecule has 5 aromatic carbocycles. The molecule has 0 aliphatic carbocycles. The molecule has 4 heterocycles. The molecule has 0 fully saturated rings. The van der Waals surface area contributed by atoms with Gasteiger partial charge in [-0.05, 0) is 57.6 Å². The molecular formula is C46H38IrN2OSSi-2. The Hall–Kier alpha value is -4.71. The maximum Gasteiger partial charge on any atom is 0.120 e. The van der Waals surface area contributed by atoms with Crippen molar-refractivity contribution in [1.29, 1.82) is 0 Å². The minimum Gasteiger partial charge on any atom is -0.500 e. The summed E-state index contributed by atoms with van der Waals surface area (Å²) in [5, 5.41) is 4.55. The van der Waals surface area contributed by atoms with E-state index in [9.17, 15) is 0 Å². The van der Waals surface area contributed by atoms with E-state index < -0.39 is 28.2 Å². The number of aromatic nitrogens is 2. The molecule has 0 N–H and O–H groups in total. The number of nitrogens with zero attached hydrogens (tertiary/aromatic N) is 2. The van der Waals surface area contributed by atoms with Crippen molar-refractivity contribution < 1.29 is 35.5 Å². The molecule has 0 saturated carbocycles. The average molecular weight is 895 g/mol. The summed E-state index contributed by atoms with van der Waals surface area (Å²) in [6, 6.07) is 41.4. The molecule has 0 amide bonds. The van der Waals surface area contributed by atoms with Crippen LogP contribution < -0.4 is 5.19 Å². The largest absolute Gasteiger partial charge is 0.500 e. The van der Waals surface area contributed by atoms with Gasteiger partial charge in [0.15, 0.2) is 0 Å². The first-order chi connectivity index (χ1) is 27.9. The van der Waals surface area contributed by atoms with Gasteiger partial charge < -0.3 is 14.4 Å². The van der Waals surface area contributed by atoms with Crippen LogP contribution in [0.5, 0.6) is 0 Å². The fourth-order valence-electron chi connectivity index (χ4n) is 6.24. The van der Waals surface area contributed by atoms with Crippen LogP contribution in [0.2, 0.25) is 19.6 Å². The molecule has 0 atom stereocenters. The van der Waals surface area contributed by atoms with Gasteiger partial charge in [-0.15, -0.1) is 46.5 Å². The van der Waals surface area contributed by atoms with Crippen LogP contribution in [0.4, 0.5) is 0 Å². The number of furan rings is 1. The second-order valence-electron chi connectivity index (χ2n) is 13.4. The molecule has 0 aliphatic rings. The van der Waals surface area contributed by atoms with Crippen molar-refractivity contribution in [3.05, 3.63) is 162 Å². The first kappa shape index (κ1) is 27.0. The van der Waals surface area contributed by atoms with Crippen molar-refractivity contribution in [1.82, 2.24) is 9.97 Å². The van der Waals surface area contributed by atoms with E-state index >= 15 is 0 Å². The molecule has 6 heteroatoms. The van der Waals surface area contributed by atoms with Gasteiger partial charge in [-0.25, -0.2) is 0 Å². The van der Waals surface area contributed by atoms with E-state index in [1.807, 2.05) is 66.9 Å². The normalized spacial score (nSPS) is 14.5. The number of hydrogen-bond acceptors (Lipinski definition) is 4. The monoisotopic (exact) mass is 895 g/mol. The Morgan fingerprint density at radius 2 is 1.42 bits per heavy atom. The van der Waals surface area contributed by atoms with Gasteiger partial charge in [-0.1, -0.05) is 134 Å². The summed E-state index contributed by atoms with van der Waals surface area (Å²) in [6.07, 6.45) is 1.39. The van der Waals surface area contributed by atoms with Crippen molar-refractivity contribution in [3.8, 4) is 22.5 Å². The smallest absolute Gasteiger partial charge is 0.120 e. The molecule has 9 rings (SSSR count). The number of pyridine rings is 2. The molecular weight excluding hydrogens is 849 g/mol. The van der Waals surface area contributed by atoms with Crippen LogP contribution in [0.15, 0.2) is 132 Å². The first-order valence-corrected chi connectivity index (χ1v) is 21.0. The Labute approximate surface area is 335 Å². The summed E-state index contributed by atoms with van der Waals surface area (Å²) >= 11 is 1.61. The topological polar surface area (TPSA) is 38.9 Å². The minimum atomic E-state index is -2.26. The Morgan fingerprint density at radius 3 is 2.15 bits per heavy atom. The quantitative estimate of drug-likeness (QED) is 0.128. The number of thiophene rings is 1. The van der Waals surface area contributed by atoms with Crippen molar-refractivity contribution in [3.63, 3.8) is 0 Å². The summed E-state index contributed by atoms with van der Waals surface area (Å²) in [7, 11) is -1.42. The molecule has 1 radical (unpaired) electrons. The summed E-state index contributed by atoms with van der Waals surface area (Å²) in [5.41, 5.74) is 5.18. The predicted molar refractivity (Wildman–Crippen MR) is 219 cm³/mol. The van der Waals surface area contributed by atoms with Crippen LogP contribution in [0, 0.1) is 25.8 Å². The van der Waals surface area contributed by atoms with Crippen LogP contribution in [0.25, 0.3) is 64.6 Å². The van der Waals surface area contributed by atoms with Crippen LogP contribution in [0.1, 0.15) is 33.2 Å². The second kappa shape index (κ2) is 14.7. The van der Waals surface area contributed by atoms with Gasteiger partial charge in [-0.3, -0.25) is 0 Å². The van der Waals surface area contributed by atoms with Crippen LogP contribution >= 0.6 is 11.3 Å². The van der Waals surface area contributed by atoms with E-state index in [4.69, 9.17) is 20.4 Å². The summed E-state index contributed by atoms with van der Waals surface area (Å²) in [5.74, 6) is 0. The second-order valence-corrected chi connectivity index (χ2v) is 19.5. The molecule has 259 valence electrons. The molecule has 0 spiro atoms. The minimum absolute atomic E-state index is 0. The van der Waals surface area contributed by atoms with Crippen molar-refractivity contribution in [2.24, 2.45) is 0 Å². The zero-order valence-corrected chi connectivity index (χ0v) is 32.9. The third kappa shape index (κ3) is 6.92. The number of fused-ring (bicyclic) bond motifs is 6. The standard InChI is InChI=1S/C25H18NO.C21H20NSSi.Ir/c1-17-11-13-22(26-16-17)19-12-14-24-25(20-9-5-6-10-23(20)27-24)21(19)15-18-7-3-2-4-8-18;1-14-9-11-16(18-12-10-15(13-22-18)24(2,3)4)21-20(14)17-7-5-6-8-19(17)23-21;/h2-11,13-14,16H,15H2,1H3;5-10,12-13H,1-4H3;/q2*-1;/i1D3,15D2;1D3;. The third-order valence-electron chi connectivity index (χ3n) is 8.87. The first-order valence-electron chi connectivity index (χ1n) is 20.6. The Morgan fingerprint density at radius 1 is 0.712 bits per heavy atom. The number of hydrogen-bond donors (Lipinski definition) is 0. The Balaban J connectivity index is 0.000000181. The van der Waals surface area contributed by atoms with Crippen LogP contribution in [-0.2, 0) is 26.5 Å². The molecule has 0 bridgehead atoms. The van der Waals surface area contributed by atoms with Gasteiger partial charge in [0.05, 0.1) is 13.7 Å². The molecule has 52 heavy (non-hydrogen) atoms. The molecule has 3 nitrogen and oxygen atoms in total.